The molecule has 1 fully saturated rings. The molecule has 0 radical (unpaired) electrons. The molecule has 0 bridgehead atoms. The predicted molar refractivity (Wildman–Crippen MR) is 56.3 cm³/mol. The molecule has 1 aliphatic heterocycles. The molecular weight excluding hydrogens is 230 g/mol. The van der Waals surface area contributed by atoms with E-state index in [2.05, 4.69) is 9.91 Å². The van der Waals surface area contributed by atoms with E-state index in [9.17, 15) is 14.5 Å². The summed E-state index contributed by atoms with van der Waals surface area (Å²) < 4.78 is 9.65. The van der Waals surface area contributed by atoms with Crippen molar-refractivity contribution in [1.29, 1.82) is 0 Å². The molecule has 1 unspecified atom stereocenters. The molecule has 0 amide bonds. The summed E-state index contributed by atoms with van der Waals surface area (Å²) in [6.07, 6.45) is 0.0194. The number of ether oxygens (including phenoxy) is 2. The summed E-state index contributed by atoms with van der Waals surface area (Å²) in [4.78, 5) is 33.4. The van der Waals surface area contributed by atoms with Gasteiger partial charge in [0.25, 0.3) is 0 Å². The van der Waals surface area contributed by atoms with Gasteiger partial charge in [0.1, 0.15) is 5.54 Å². The molecule has 96 valence electrons. The van der Waals surface area contributed by atoms with E-state index in [1.807, 2.05) is 0 Å². The van der Waals surface area contributed by atoms with Crippen molar-refractivity contribution in [2.24, 2.45) is 11.1 Å². The molecule has 0 spiro atoms. The molecule has 1 atom stereocenters. The van der Waals surface area contributed by atoms with Gasteiger partial charge in [-0.2, -0.15) is 4.91 Å². The van der Waals surface area contributed by atoms with E-state index in [0.29, 0.717) is 13.2 Å². The number of rotatable bonds is 5. The first-order chi connectivity index (χ1) is 8.05. The molecule has 0 saturated carbocycles. The van der Waals surface area contributed by atoms with Gasteiger partial charge in [-0.1, -0.05) is 5.18 Å². The van der Waals surface area contributed by atoms with Gasteiger partial charge in [0.15, 0.2) is 0 Å². The molecule has 1 rings (SSSR count). The third-order valence-corrected chi connectivity index (χ3v) is 3.05. The van der Waals surface area contributed by atoms with Crippen molar-refractivity contribution in [2.75, 3.05) is 20.3 Å². The summed E-state index contributed by atoms with van der Waals surface area (Å²) in [7, 11) is 1.16. The molecular formula is C10H15NO6. The Bertz CT molecular complexity index is 310. The summed E-state index contributed by atoms with van der Waals surface area (Å²) >= 11 is 0. The van der Waals surface area contributed by atoms with E-state index < -0.39 is 29.8 Å². The van der Waals surface area contributed by atoms with Crippen molar-refractivity contribution < 1.29 is 24.2 Å². The van der Waals surface area contributed by atoms with Crippen LogP contribution in [0.4, 0.5) is 0 Å². The van der Waals surface area contributed by atoms with Gasteiger partial charge >= 0.3 is 11.9 Å². The fourth-order valence-corrected chi connectivity index (χ4v) is 2.04. The molecule has 0 aliphatic carbocycles. The SMILES string of the molecule is COC(=O)C(CC(=O)O)C1(N=O)CCOCC1. The van der Waals surface area contributed by atoms with Crippen molar-refractivity contribution in [3.05, 3.63) is 4.91 Å². The lowest BCUT2D eigenvalue weighted by atomic mass is 9.76. The number of esters is 1. The average molecular weight is 245 g/mol. The minimum atomic E-state index is -1.22. The van der Waals surface area contributed by atoms with Gasteiger partial charge in [0, 0.05) is 26.1 Å². The smallest absolute Gasteiger partial charge is 0.311 e. The minimum Gasteiger partial charge on any atom is -0.481 e. The monoisotopic (exact) mass is 245 g/mol. The van der Waals surface area contributed by atoms with Gasteiger partial charge in [-0.3, -0.25) is 9.59 Å². The summed E-state index contributed by atoms with van der Waals surface area (Å²) in [5, 5.41) is 11.8. The van der Waals surface area contributed by atoms with Gasteiger partial charge in [-0.25, -0.2) is 0 Å². The largest absolute Gasteiger partial charge is 0.481 e. The molecule has 0 aromatic rings. The van der Waals surface area contributed by atoms with Gasteiger partial charge in [0.2, 0.25) is 0 Å². The minimum absolute atomic E-state index is 0.240. The highest BCUT2D eigenvalue weighted by Crippen LogP contribution is 2.35. The van der Waals surface area contributed by atoms with Gasteiger partial charge in [0.05, 0.1) is 19.4 Å². The standard InChI is InChI=1S/C10H15NO6/c1-16-9(14)7(6-8(12)13)10(11-15)2-4-17-5-3-10/h7H,2-6H2,1H3,(H,12,13). The molecule has 1 heterocycles. The second kappa shape index (κ2) is 5.72. The maximum absolute atomic E-state index is 11.6. The van der Waals surface area contributed by atoms with Crippen LogP contribution in [0.25, 0.3) is 0 Å². The first kappa shape index (κ1) is 13.6. The van der Waals surface area contributed by atoms with Crippen LogP contribution >= 0.6 is 0 Å². The zero-order chi connectivity index (χ0) is 12.9. The van der Waals surface area contributed by atoms with E-state index >= 15 is 0 Å². The van der Waals surface area contributed by atoms with E-state index in [0.717, 1.165) is 7.11 Å². The Morgan fingerprint density at radius 1 is 1.47 bits per heavy atom. The van der Waals surface area contributed by atoms with E-state index in [4.69, 9.17) is 9.84 Å². The lowest BCUT2D eigenvalue weighted by Gasteiger charge is -2.35. The normalized spacial score (nSPS) is 20.3. The number of carbonyl (C=O) groups is 2. The Labute approximate surface area is 98.1 Å². The zero-order valence-electron chi connectivity index (χ0n) is 9.55. The summed E-state index contributed by atoms with van der Waals surface area (Å²) in [5.74, 6) is -2.92. The topological polar surface area (TPSA) is 102 Å². The van der Waals surface area contributed by atoms with Crippen LogP contribution in [-0.4, -0.2) is 42.9 Å². The van der Waals surface area contributed by atoms with Gasteiger partial charge in [-0.05, 0) is 0 Å². The molecule has 0 aromatic carbocycles. The number of hydrogen-bond donors (Lipinski definition) is 1. The van der Waals surface area contributed by atoms with Crippen LogP contribution in [0.15, 0.2) is 5.18 Å². The molecule has 0 aromatic heterocycles. The fourth-order valence-electron chi connectivity index (χ4n) is 2.04. The maximum Gasteiger partial charge on any atom is 0.311 e. The van der Waals surface area contributed by atoms with Crippen LogP contribution in [0.5, 0.6) is 0 Å². The second-order valence-electron chi connectivity index (χ2n) is 3.98. The Morgan fingerprint density at radius 3 is 2.47 bits per heavy atom. The highest BCUT2D eigenvalue weighted by molar-refractivity contribution is 5.80. The highest BCUT2D eigenvalue weighted by Gasteiger charge is 2.47. The zero-order valence-corrected chi connectivity index (χ0v) is 9.55. The van der Waals surface area contributed by atoms with E-state index in [1.165, 1.54) is 0 Å². The Balaban J connectivity index is 2.95. The maximum atomic E-state index is 11.6. The van der Waals surface area contributed by atoms with Crippen molar-refractivity contribution in [3.63, 3.8) is 0 Å². The van der Waals surface area contributed by atoms with Crippen molar-refractivity contribution >= 4 is 11.9 Å². The second-order valence-corrected chi connectivity index (χ2v) is 3.98. The third kappa shape index (κ3) is 3.00. The number of methoxy groups -OCH3 is 1. The number of carboxylic acid groups (broad SMARTS) is 1. The molecule has 1 N–H and O–H groups in total. The lowest BCUT2D eigenvalue weighted by molar-refractivity contribution is -0.155. The number of carbonyl (C=O) groups excluding carboxylic acids is 1. The summed E-state index contributed by atoms with van der Waals surface area (Å²) in [6.45, 7) is 0.581. The summed E-state index contributed by atoms with van der Waals surface area (Å²) in [6, 6.07) is 0. The Hall–Kier alpha value is -1.50. The van der Waals surface area contributed by atoms with Gasteiger partial charge < -0.3 is 14.6 Å². The fraction of sp³-hybridized carbons (Fsp3) is 0.800. The number of nitroso groups, excluding NO2 is 1. The highest BCUT2D eigenvalue weighted by atomic mass is 16.5. The predicted octanol–water partition coefficient (Wildman–Crippen LogP) is 0.566. The molecule has 17 heavy (non-hydrogen) atoms. The van der Waals surface area contributed by atoms with Crippen molar-refractivity contribution in [1.82, 2.24) is 0 Å². The number of carboxylic acids is 1. The molecule has 7 heteroatoms. The van der Waals surface area contributed by atoms with Crippen LogP contribution in [0, 0.1) is 10.8 Å². The quantitative estimate of drug-likeness (QED) is 0.561. The molecule has 1 saturated heterocycles. The number of nitrogens with zero attached hydrogens (tertiary/aromatic N) is 1. The van der Waals surface area contributed by atoms with E-state index in [1.54, 1.807) is 0 Å². The van der Waals surface area contributed by atoms with E-state index in [-0.39, 0.29) is 12.8 Å². The van der Waals surface area contributed by atoms with Crippen LogP contribution in [0.2, 0.25) is 0 Å². The first-order valence-electron chi connectivity index (χ1n) is 5.27. The number of aliphatic carboxylic acids is 1. The molecule has 7 nitrogen and oxygen atoms in total. The van der Waals surface area contributed by atoms with Crippen LogP contribution in [0.3, 0.4) is 0 Å². The first-order valence-corrected chi connectivity index (χ1v) is 5.27. The van der Waals surface area contributed by atoms with Gasteiger partial charge in [-0.15, -0.1) is 0 Å². The molecule has 1 aliphatic rings. The average Bonchev–Trinajstić information content (AvgIpc) is 2.35. The Morgan fingerprint density at radius 2 is 2.06 bits per heavy atom. The lowest BCUT2D eigenvalue weighted by Crippen LogP contribution is -2.46. The van der Waals surface area contributed by atoms with Crippen LogP contribution in [0.1, 0.15) is 19.3 Å². The van der Waals surface area contributed by atoms with Crippen molar-refractivity contribution in [2.45, 2.75) is 24.8 Å². The van der Waals surface area contributed by atoms with Crippen molar-refractivity contribution in [3.8, 4) is 0 Å². The summed E-state index contributed by atoms with van der Waals surface area (Å²) in [5.41, 5.74) is -1.22. The van der Waals surface area contributed by atoms with Crippen LogP contribution in [-0.2, 0) is 19.1 Å². The third-order valence-electron chi connectivity index (χ3n) is 3.05. The Kier molecular flexibility index (Phi) is 4.56. The number of hydrogen-bond acceptors (Lipinski definition) is 6. The van der Waals surface area contributed by atoms with Crippen LogP contribution < -0.4 is 0 Å².